The van der Waals surface area contributed by atoms with Gasteiger partial charge >= 0.3 is 5.97 Å². The van der Waals surface area contributed by atoms with Gasteiger partial charge in [0.25, 0.3) is 0 Å². The van der Waals surface area contributed by atoms with Crippen LogP contribution in [0, 0.1) is 0 Å². The zero-order valence-corrected chi connectivity index (χ0v) is 12.7. The van der Waals surface area contributed by atoms with Crippen molar-refractivity contribution in [2.75, 3.05) is 13.7 Å². The minimum absolute atomic E-state index is 0.612. The highest BCUT2D eigenvalue weighted by atomic mass is 79.9. The molecule has 104 valence electrons. The fourth-order valence-electron chi connectivity index (χ4n) is 2.52. The van der Waals surface area contributed by atoms with E-state index in [0.29, 0.717) is 13.0 Å². The first-order valence-corrected chi connectivity index (χ1v) is 7.07. The highest BCUT2D eigenvalue weighted by molar-refractivity contribution is 9.10. The summed E-state index contributed by atoms with van der Waals surface area (Å²) in [4.78, 5) is 13.5. The lowest BCUT2D eigenvalue weighted by molar-refractivity contribution is -0.148. The lowest BCUT2D eigenvalue weighted by Gasteiger charge is -2.31. The highest BCUT2D eigenvalue weighted by Crippen LogP contribution is 2.33. The molecule has 1 N–H and O–H groups in total. The van der Waals surface area contributed by atoms with Crippen LogP contribution in [-0.2, 0) is 11.3 Å². The Morgan fingerprint density at radius 3 is 2.95 bits per heavy atom. The van der Waals surface area contributed by atoms with Crippen molar-refractivity contribution in [3.05, 3.63) is 28.2 Å². The molecule has 1 atom stereocenters. The molecule has 1 heterocycles. The fourth-order valence-corrected chi connectivity index (χ4v) is 2.89. The molecule has 1 fully saturated rings. The Kier molecular flexibility index (Phi) is 4.16. The summed E-state index contributed by atoms with van der Waals surface area (Å²) >= 11 is 3.51. The van der Waals surface area contributed by atoms with E-state index in [4.69, 9.17) is 4.74 Å². The van der Waals surface area contributed by atoms with Gasteiger partial charge in [0.05, 0.1) is 7.11 Å². The zero-order chi connectivity index (χ0) is 14.0. The number of likely N-dealkylation sites (tertiary alicyclic amines) is 1. The van der Waals surface area contributed by atoms with Gasteiger partial charge in [0.15, 0.2) is 0 Å². The Balaban J connectivity index is 2.23. The van der Waals surface area contributed by atoms with Crippen molar-refractivity contribution in [1.29, 1.82) is 0 Å². The quantitative estimate of drug-likeness (QED) is 0.923. The van der Waals surface area contributed by atoms with Crippen molar-refractivity contribution < 1.29 is 14.6 Å². The van der Waals surface area contributed by atoms with Crippen molar-refractivity contribution in [1.82, 2.24) is 4.90 Å². The van der Waals surface area contributed by atoms with Gasteiger partial charge in [0, 0.05) is 11.0 Å². The minimum atomic E-state index is -0.761. The molecule has 0 bridgehead atoms. The Bertz CT molecular complexity index is 492. The molecule has 5 heteroatoms. The third kappa shape index (κ3) is 2.77. The van der Waals surface area contributed by atoms with Crippen LogP contribution in [0.25, 0.3) is 0 Å². The van der Waals surface area contributed by atoms with Crippen LogP contribution in [0.15, 0.2) is 22.7 Å². The largest absolute Gasteiger partial charge is 0.497 e. The summed E-state index contributed by atoms with van der Waals surface area (Å²) in [5.41, 5.74) is 0.288. The zero-order valence-electron chi connectivity index (χ0n) is 11.1. The van der Waals surface area contributed by atoms with Crippen LogP contribution in [0.3, 0.4) is 0 Å². The maximum Gasteiger partial charge on any atom is 0.323 e. The summed E-state index contributed by atoms with van der Waals surface area (Å²) in [5, 5.41) is 9.41. The van der Waals surface area contributed by atoms with E-state index >= 15 is 0 Å². The molecule has 0 radical (unpaired) electrons. The molecule has 1 aromatic rings. The van der Waals surface area contributed by atoms with Crippen LogP contribution >= 0.6 is 15.9 Å². The SMILES string of the molecule is COc1ccc(Br)c(CN2CCCC2(C)C(=O)O)c1. The van der Waals surface area contributed by atoms with Gasteiger partial charge in [-0.2, -0.15) is 0 Å². The van der Waals surface area contributed by atoms with Crippen LogP contribution in [0.4, 0.5) is 0 Å². The summed E-state index contributed by atoms with van der Waals surface area (Å²) in [6.45, 7) is 3.23. The summed E-state index contributed by atoms with van der Waals surface area (Å²) in [6.07, 6.45) is 1.62. The van der Waals surface area contributed by atoms with E-state index in [2.05, 4.69) is 15.9 Å². The number of halogens is 1. The molecule has 1 aliphatic rings. The number of hydrogen-bond donors (Lipinski definition) is 1. The Labute approximate surface area is 121 Å². The van der Waals surface area contributed by atoms with Gasteiger partial charge in [-0.05, 0) is 50.1 Å². The van der Waals surface area contributed by atoms with Gasteiger partial charge in [-0.25, -0.2) is 0 Å². The van der Waals surface area contributed by atoms with Gasteiger partial charge in [0.2, 0.25) is 0 Å². The Morgan fingerprint density at radius 2 is 2.32 bits per heavy atom. The molecule has 2 rings (SSSR count). The van der Waals surface area contributed by atoms with E-state index in [9.17, 15) is 9.90 Å². The number of nitrogens with zero attached hydrogens (tertiary/aromatic N) is 1. The van der Waals surface area contributed by atoms with Crippen molar-refractivity contribution in [2.45, 2.75) is 31.8 Å². The molecule has 0 saturated carbocycles. The monoisotopic (exact) mass is 327 g/mol. The predicted molar refractivity (Wildman–Crippen MR) is 76.4 cm³/mol. The summed E-state index contributed by atoms with van der Waals surface area (Å²) in [5.74, 6) is 0.0402. The number of ether oxygens (including phenoxy) is 1. The maximum absolute atomic E-state index is 11.5. The third-order valence-electron chi connectivity index (χ3n) is 3.86. The van der Waals surface area contributed by atoms with E-state index in [-0.39, 0.29) is 0 Å². The number of benzene rings is 1. The highest BCUT2D eigenvalue weighted by Gasteiger charge is 2.43. The molecule has 1 saturated heterocycles. The van der Waals surface area contributed by atoms with E-state index in [1.807, 2.05) is 23.1 Å². The van der Waals surface area contributed by atoms with Gasteiger partial charge in [0.1, 0.15) is 11.3 Å². The van der Waals surface area contributed by atoms with E-state index < -0.39 is 11.5 Å². The van der Waals surface area contributed by atoms with Crippen molar-refractivity contribution in [3.8, 4) is 5.75 Å². The topological polar surface area (TPSA) is 49.8 Å². The molecule has 0 amide bonds. The van der Waals surface area contributed by atoms with Crippen molar-refractivity contribution in [3.63, 3.8) is 0 Å². The smallest absolute Gasteiger partial charge is 0.323 e. The molecule has 1 unspecified atom stereocenters. The van der Waals surface area contributed by atoms with E-state index in [1.54, 1.807) is 14.0 Å². The molecule has 0 aromatic heterocycles. The summed E-state index contributed by atoms with van der Waals surface area (Å²) in [6, 6.07) is 5.76. The number of hydrogen-bond acceptors (Lipinski definition) is 3. The first-order valence-electron chi connectivity index (χ1n) is 6.28. The second kappa shape index (κ2) is 5.51. The average molecular weight is 328 g/mol. The van der Waals surface area contributed by atoms with Crippen LogP contribution < -0.4 is 4.74 Å². The molecule has 0 aliphatic carbocycles. The molecule has 19 heavy (non-hydrogen) atoms. The van der Waals surface area contributed by atoms with Gasteiger partial charge in [-0.15, -0.1) is 0 Å². The lowest BCUT2D eigenvalue weighted by atomic mass is 9.99. The third-order valence-corrected chi connectivity index (χ3v) is 4.64. The van der Waals surface area contributed by atoms with Gasteiger partial charge < -0.3 is 9.84 Å². The van der Waals surface area contributed by atoms with Gasteiger partial charge in [-0.1, -0.05) is 15.9 Å². The van der Waals surface area contributed by atoms with Crippen LogP contribution in [0.1, 0.15) is 25.3 Å². The number of rotatable bonds is 4. The maximum atomic E-state index is 11.5. The molecule has 0 spiro atoms. The molecule has 1 aromatic carbocycles. The molecule has 4 nitrogen and oxygen atoms in total. The first-order chi connectivity index (χ1) is 8.97. The number of aliphatic carboxylic acids is 1. The van der Waals surface area contributed by atoms with E-state index in [0.717, 1.165) is 28.8 Å². The normalized spacial score (nSPS) is 23.5. The fraction of sp³-hybridized carbons (Fsp3) is 0.500. The number of carboxylic acid groups (broad SMARTS) is 1. The number of methoxy groups -OCH3 is 1. The van der Waals surface area contributed by atoms with Crippen LogP contribution in [-0.4, -0.2) is 35.2 Å². The van der Waals surface area contributed by atoms with Crippen LogP contribution in [0.5, 0.6) is 5.75 Å². The Hall–Kier alpha value is -1.07. The van der Waals surface area contributed by atoms with Crippen molar-refractivity contribution >= 4 is 21.9 Å². The average Bonchev–Trinajstić information content (AvgIpc) is 2.75. The lowest BCUT2D eigenvalue weighted by Crippen LogP contribution is -2.47. The summed E-state index contributed by atoms with van der Waals surface area (Å²) < 4.78 is 6.20. The second-order valence-corrected chi connectivity index (χ2v) is 5.92. The standard InChI is InChI=1S/C14H18BrNO3/c1-14(13(17)18)6-3-7-16(14)9-10-8-11(19-2)4-5-12(10)15/h4-5,8H,3,6-7,9H2,1-2H3,(H,17,18). The van der Waals surface area contributed by atoms with Crippen molar-refractivity contribution in [2.24, 2.45) is 0 Å². The van der Waals surface area contributed by atoms with Gasteiger partial charge in [-0.3, -0.25) is 9.69 Å². The van der Waals surface area contributed by atoms with Crippen LogP contribution in [0.2, 0.25) is 0 Å². The Morgan fingerprint density at radius 1 is 1.58 bits per heavy atom. The molecular weight excluding hydrogens is 310 g/mol. The molecular formula is C14H18BrNO3. The predicted octanol–water partition coefficient (Wildman–Crippen LogP) is 2.90. The number of carboxylic acids is 1. The summed E-state index contributed by atoms with van der Waals surface area (Å²) in [7, 11) is 1.63. The minimum Gasteiger partial charge on any atom is -0.497 e. The second-order valence-electron chi connectivity index (χ2n) is 5.06. The van der Waals surface area contributed by atoms with E-state index in [1.165, 1.54) is 0 Å². The first kappa shape index (κ1) is 14.3. The molecule has 1 aliphatic heterocycles. The number of carbonyl (C=O) groups is 1.